The minimum atomic E-state index is 0.201. The van der Waals surface area contributed by atoms with E-state index in [-0.39, 0.29) is 5.41 Å². The van der Waals surface area contributed by atoms with Crippen LogP contribution in [0.4, 0.5) is 0 Å². The summed E-state index contributed by atoms with van der Waals surface area (Å²) in [6.45, 7) is 7.39. The third-order valence-corrected chi connectivity index (χ3v) is 3.20. The highest BCUT2D eigenvalue weighted by molar-refractivity contribution is 5.41. The molecule has 1 aliphatic heterocycles. The maximum atomic E-state index is 5.97. The average Bonchev–Trinajstić information content (AvgIpc) is 2.60. The van der Waals surface area contributed by atoms with Gasteiger partial charge in [-0.15, -0.1) is 0 Å². The van der Waals surface area contributed by atoms with Crippen LogP contribution in [0.5, 0.6) is 5.75 Å². The van der Waals surface area contributed by atoms with Crippen LogP contribution in [-0.4, -0.2) is 12.6 Å². The molecule has 2 heteroatoms. The Morgan fingerprint density at radius 2 is 2.12 bits per heavy atom. The first kappa shape index (κ1) is 11.5. The van der Waals surface area contributed by atoms with Gasteiger partial charge in [0.25, 0.3) is 0 Å². The molecule has 16 heavy (non-hydrogen) atoms. The molecule has 88 valence electrons. The predicted molar refractivity (Wildman–Crippen MR) is 66.8 cm³/mol. The monoisotopic (exact) mass is 219 g/mol. The zero-order valence-electron chi connectivity index (χ0n) is 10.4. The maximum Gasteiger partial charge on any atom is 0.123 e. The van der Waals surface area contributed by atoms with Gasteiger partial charge in [-0.1, -0.05) is 32.9 Å². The van der Waals surface area contributed by atoms with Crippen LogP contribution >= 0.6 is 0 Å². The molecule has 2 N–H and O–H groups in total. The van der Waals surface area contributed by atoms with E-state index in [4.69, 9.17) is 10.5 Å². The van der Waals surface area contributed by atoms with Crippen molar-refractivity contribution in [2.24, 2.45) is 11.1 Å². The van der Waals surface area contributed by atoms with E-state index in [1.807, 2.05) is 0 Å². The third-order valence-electron chi connectivity index (χ3n) is 3.20. The zero-order valence-corrected chi connectivity index (χ0v) is 10.4. The molecule has 0 radical (unpaired) electrons. The van der Waals surface area contributed by atoms with E-state index in [0.717, 1.165) is 18.6 Å². The smallest absolute Gasteiger partial charge is 0.123 e. The lowest BCUT2D eigenvalue weighted by Crippen LogP contribution is -2.30. The Kier molecular flexibility index (Phi) is 2.94. The van der Waals surface area contributed by atoms with Gasteiger partial charge in [-0.05, 0) is 35.6 Å². The molecule has 1 aromatic carbocycles. The minimum Gasteiger partial charge on any atom is -0.489 e. The van der Waals surface area contributed by atoms with E-state index in [1.54, 1.807) is 0 Å². The van der Waals surface area contributed by atoms with E-state index in [9.17, 15) is 0 Å². The third kappa shape index (κ3) is 2.22. The molecule has 1 atom stereocenters. The topological polar surface area (TPSA) is 35.2 Å². The molecule has 0 aliphatic carbocycles. The first-order valence-corrected chi connectivity index (χ1v) is 5.99. The van der Waals surface area contributed by atoms with Crippen molar-refractivity contribution in [2.75, 3.05) is 6.54 Å². The predicted octanol–water partition coefficient (Wildman–Crippen LogP) is 2.54. The van der Waals surface area contributed by atoms with E-state index in [2.05, 4.69) is 39.0 Å². The van der Waals surface area contributed by atoms with E-state index in [1.165, 1.54) is 11.1 Å². The molecule has 1 aliphatic rings. The second kappa shape index (κ2) is 4.10. The minimum absolute atomic E-state index is 0.201. The van der Waals surface area contributed by atoms with Crippen molar-refractivity contribution >= 4 is 0 Å². The number of benzene rings is 1. The molecule has 1 unspecified atom stereocenters. The lowest BCUT2D eigenvalue weighted by atomic mass is 9.86. The Balaban J connectivity index is 2.18. The second-order valence-corrected chi connectivity index (χ2v) is 5.66. The molecule has 0 aromatic heterocycles. The molecular weight excluding hydrogens is 198 g/mol. The number of rotatable bonds is 2. The van der Waals surface area contributed by atoms with Gasteiger partial charge < -0.3 is 10.5 Å². The van der Waals surface area contributed by atoms with Crippen LogP contribution < -0.4 is 10.5 Å². The Morgan fingerprint density at radius 3 is 2.75 bits per heavy atom. The Hall–Kier alpha value is -1.02. The summed E-state index contributed by atoms with van der Waals surface area (Å²) in [6, 6.07) is 6.46. The van der Waals surface area contributed by atoms with Gasteiger partial charge in [-0.2, -0.15) is 0 Å². The van der Waals surface area contributed by atoms with Gasteiger partial charge in [0.1, 0.15) is 11.9 Å². The first-order valence-electron chi connectivity index (χ1n) is 5.99. The maximum absolute atomic E-state index is 5.97. The lowest BCUT2D eigenvalue weighted by molar-refractivity contribution is 0.109. The number of fused-ring (bicyclic) bond motifs is 1. The molecule has 0 saturated heterocycles. The summed E-state index contributed by atoms with van der Waals surface area (Å²) in [7, 11) is 0. The Labute approximate surface area is 97.8 Å². The fourth-order valence-electron chi connectivity index (χ4n) is 2.11. The molecule has 1 aromatic rings. The molecule has 2 nitrogen and oxygen atoms in total. The first-order chi connectivity index (χ1) is 7.50. The highest BCUT2D eigenvalue weighted by atomic mass is 16.5. The average molecular weight is 219 g/mol. The van der Waals surface area contributed by atoms with Gasteiger partial charge in [-0.25, -0.2) is 0 Å². The highest BCUT2D eigenvalue weighted by Gasteiger charge is 2.32. The summed E-state index contributed by atoms with van der Waals surface area (Å²) in [5.74, 6) is 1.06. The van der Waals surface area contributed by atoms with Gasteiger partial charge in [0.2, 0.25) is 0 Å². The normalized spacial score (nSPS) is 19.4. The number of hydrogen-bond donors (Lipinski definition) is 1. The van der Waals surface area contributed by atoms with Crippen molar-refractivity contribution < 1.29 is 4.74 Å². The van der Waals surface area contributed by atoms with Gasteiger partial charge in [0.15, 0.2) is 0 Å². The second-order valence-electron chi connectivity index (χ2n) is 5.66. The molecule has 0 spiro atoms. The molecule has 2 rings (SSSR count). The SMILES string of the molecule is CC(C)(C)C1Cc2cc(CCN)ccc2O1. The zero-order chi connectivity index (χ0) is 11.8. The Morgan fingerprint density at radius 1 is 1.38 bits per heavy atom. The van der Waals surface area contributed by atoms with Crippen LogP contribution in [0, 0.1) is 5.41 Å². The van der Waals surface area contributed by atoms with Gasteiger partial charge >= 0.3 is 0 Å². The number of ether oxygens (including phenoxy) is 1. The van der Waals surface area contributed by atoms with Crippen molar-refractivity contribution in [3.8, 4) is 5.75 Å². The number of nitrogens with two attached hydrogens (primary N) is 1. The molecule has 0 amide bonds. The van der Waals surface area contributed by atoms with Crippen molar-refractivity contribution in [1.29, 1.82) is 0 Å². The highest BCUT2D eigenvalue weighted by Crippen LogP contribution is 2.36. The van der Waals surface area contributed by atoms with E-state index < -0.39 is 0 Å². The largest absolute Gasteiger partial charge is 0.489 e. The fraction of sp³-hybridized carbons (Fsp3) is 0.571. The molecular formula is C14H21NO. The van der Waals surface area contributed by atoms with Crippen LogP contribution in [-0.2, 0) is 12.8 Å². The summed E-state index contributed by atoms with van der Waals surface area (Å²) in [5.41, 5.74) is 8.43. The summed E-state index contributed by atoms with van der Waals surface area (Å²) in [4.78, 5) is 0. The summed E-state index contributed by atoms with van der Waals surface area (Å²) in [5, 5.41) is 0. The number of hydrogen-bond acceptors (Lipinski definition) is 2. The van der Waals surface area contributed by atoms with Crippen LogP contribution in [0.1, 0.15) is 31.9 Å². The molecule has 1 heterocycles. The fourth-order valence-corrected chi connectivity index (χ4v) is 2.11. The van der Waals surface area contributed by atoms with Crippen LogP contribution in [0.2, 0.25) is 0 Å². The van der Waals surface area contributed by atoms with E-state index >= 15 is 0 Å². The van der Waals surface area contributed by atoms with Gasteiger partial charge in [-0.3, -0.25) is 0 Å². The summed E-state index contributed by atoms with van der Waals surface area (Å²) >= 11 is 0. The van der Waals surface area contributed by atoms with E-state index in [0.29, 0.717) is 12.6 Å². The van der Waals surface area contributed by atoms with Crippen LogP contribution in [0.25, 0.3) is 0 Å². The molecule has 0 saturated carbocycles. The standard InChI is InChI=1S/C14H21NO/c1-14(2,3)13-9-11-8-10(6-7-15)4-5-12(11)16-13/h4-5,8,13H,6-7,9,15H2,1-3H3. The van der Waals surface area contributed by atoms with Gasteiger partial charge in [0.05, 0.1) is 0 Å². The lowest BCUT2D eigenvalue weighted by Gasteiger charge is -2.25. The van der Waals surface area contributed by atoms with Crippen molar-refractivity contribution in [3.63, 3.8) is 0 Å². The van der Waals surface area contributed by atoms with Gasteiger partial charge in [0, 0.05) is 6.42 Å². The Bertz CT molecular complexity index is 379. The molecule has 0 bridgehead atoms. The summed E-state index contributed by atoms with van der Waals surface area (Å²) < 4.78 is 5.97. The summed E-state index contributed by atoms with van der Waals surface area (Å²) in [6.07, 6.45) is 2.28. The van der Waals surface area contributed by atoms with Crippen molar-refractivity contribution in [3.05, 3.63) is 29.3 Å². The van der Waals surface area contributed by atoms with Crippen molar-refractivity contribution in [2.45, 2.75) is 39.7 Å². The van der Waals surface area contributed by atoms with Crippen LogP contribution in [0.3, 0.4) is 0 Å². The van der Waals surface area contributed by atoms with Crippen molar-refractivity contribution in [1.82, 2.24) is 0 Å². The molecule has 0 fully saturated rings. The quantitative estimate of drug-likeness (QED) is 0.829. The van der Waals surface area contributed by atoms with Crippen LogP contribution in [0.15, 0.2) is 18.2 Å².